The molecule has 35 heavy (non-hydrogen) atoms. The molecule has 2 aliphatic rings. The van der Waals surface area contributed by atoms with Crippen LogP contribution in [0.15, 0.2) is 24.4 Å². The molecule has 0 radical (unpaired) electrons. The zero-order valence-corrected chi connectivity index (χ0v) is 21.4. The molecule has 2 fully saturated rings. The monoisotopic (exact) mass is 513 g/mol. The Labute approximate surface area is 215 Å². The van der Waals surface area contributed by atoms with Crippen molar-refractivity contribution in [2.24, 2.45) is 11.8 Å². The van der Waals surface area contributed by atoms with E-state index in [9.17, 15) is 10.4 Å². The number of likely N-dealkylation sites (tertiary alicyclic amines) is 1. The highest BCUT2D eigenvalue weighted by atomic mass is 35.5. The number of hydrogen-bond acceptors (Lipinski definition) is 7. The molecule has 5 rings (SSSR count). The first-order valence-electron chi connectivity index (χ1n) is 12.1. The molecule has 0 spiro atoms. The Hall–Kier alpha value is -2.44. The van der Waals surface area contributed by atoms with E-state index in [1.54, 1.807) is 23.0 Å². The fourth-order valence-electron chi connectivity index (χ4n) is 5.38. The summed E-state index contributed by atoms with van der Waals surface area (Å²) in [7, 11) is 0. The van der Waals surface area contributed by atoms with Crippen LogP contribution in [0.2, 0.25) is 10.0 Å². The van der Waals surface area contributed by atoms with Crippen molar-refractivity contribution in [2.75, 3.05) is 37.6 Å². The van der Waals surface area contributed by atoms with Gasteiger partial charge >= 0.3 is 0 Å². The van der Waals surface area contributed by atoms with Crippen LogP contribution in [0.1, 0.15) is 44.0 Å². The van der Waals surface area contributed by atoms with Gasteiger partial charge in [-0.25, -0.2) is 14.6 Å². The predicted molar refractivity (Wildman–Crippen MR) is 137 cm³/mol. The molecule has 1 N–H and O–H groups in total. The molecule has 2 aliphatic heterocycles. The summed E-state index contributed by atoms with van der Waals surface area (Å²) in [5, 5.41) is 25.0. The molecule has 3 unspecified atom stereocenters. The van der Waals surface area contributed by atoms with E-state index in [4.69, 9.17) is 28.2 Å². The van der Waals surface area contributed by atoms with Crippen LogP contribution in [0.3, 0.4) is 0 Å². The molecule has 0 saturated carbocycles. The number of aromatic nitrogens is 4. The summed E-state index contributed by atoms with van der Waals surface area (Å²) in [5.41, 5.74) is 2.16. The van der Waals surface area contributed by atoms with E-state index in [1.807, 2.05) is 19.9 Å². The van der Waals surface area contributed by atoms with Gasteiger partial charge in [0.15, 0.2) is 11.3 Å². The average molecular weight is 514 g/mol. The quantitative estimate of drug-likeness (QED) is 0.528. The summed E-state index contributed by atoms with van der Waals surface area (Å²) in [4.78, 5) is 14.1. The second-order valence-corrected chi connectivity index (χ2v) is 10.7. The van der Waals surface area contributed by atoms with Crippen LogP contribution in [0.25, 0.3) is 11.2 Å². The Morgan fingerprint density at radius 1 is 1.20 bits per heavy atom. The topological polar surface area (TPSA) is 94.1 Å². The second kappa shape index (κ2) is 9.90. The lowest BCUT2D eigenvalue weighted by molar-refractivity contribution is 0.0725. The van der Waals surface area contributed by atoms with Gasteiger partial charge in [-0.05, 0) is 62.8 Å². The van der Waals surface area contributed by atoms with Gasteiger partial charge in [0.05, 0.1) is 18.3 Å². The number of benzene rings is 1. The number of rotatable bonds is 6. The van der Waals surface area contributed by atoms with Crippen LogP contribution in [0.4, 0.5) is 5.82 Å². The average Bonchev–Trinajstić information content (AvgIpc) is 3.16. The van der Waals surface area contributed by atoms with E-state index in [-0.39, 0.29) is 17.8 Å². The number of anilines is 1. The Morgan fingerprint density at radius 2 is 2.00 bits per heavy atom. The van der Waals surface area contributed by atoms with Crippen molar-refractivity contribution in [3.8, 4) is 6.07 Å². The largest absolute Gasteiger partial charge is 0.392 e. The standard InChI is InChI=1S/C25H29Cl2N7O/c1-15(35)11-32-7-3-4-17(12-32)18-13-33(14-18)23-10-29-24-22(9-28)31-34(25(24)30-23)16(2)20-6-5-19(26)8-21(20)27/h5-6,8,10,15-18,35H,3-4,7,11-14H2,1-2H3. The summed E-state index contributed by atoms with van der Waals surface area (Å²) in [6, 6.07) is 7.26. The van der Waals surface area contributed by atoms with Crippen LogP contribution < -0.4 is 4.90 Å². The zero-order chi connectivity index (χ0) is 24.7. The third-order valence-corrected chi connectivity index (χ3v) is 7.80. The molecule has 3 aromatic rings. The van der Waals surface area contributed by atoms with Crippen molar-refractivity contribution >= 4 is 40.2 Å². The van der Waals surface area contributed by atoms with Crippen molar-refractivity contribution in [1.29, 1.82) is 5.26 Å². The number of piperidine rings is 1. The van der Waals surface area contributed by atoms with Crippen molar-refractivity contribution in [3.05, 3.63) is 45.7 Å². The molecule has 10 heteroatoms. The van der Waals surface area contributed by atoms with Gasteiger partial charge in [-0.1, -0.05) is 29.3 Å². The fraction of sp³-hybridized carbons (Fsp3) is 0.520. The Morgan fingerprint density at radius 3 is 2.71 bits per heavy atom. The van der Waals surface area contributed by atoms with Gasteiger partial charge in [0.25, 0.3) is 0 Å². The molecule has 4 heterocycles. The first-order valence-corrected chi connectivity index (χ1v) is 12.8. The minimum Gasteiger partial charge on any atom is -0.392 e. The number of aliphatic hydroxyl groups is 1. The smallest absolute Gasteiger partial charge is 0.190 e. The predicted octanol–water partition coefficient (Wildman–Crippen LogP) is 4.14. The highest BCUT2D eigenvalue weighted by Gasteiger charge is 2.37. The van der Waals surface area contributed by atoms with E-state index in [1.165, 1.54) is 12.8 Å². The van der Waals surface area contributed by atoms with Crippen LogP contribution in [0.5, 0.6) is 0 Å². The van der Waals surface area contributed by atoms with Crippen molar-refractivity contribution < 1.29 is 5.11 Å². The second-order valence-electron chi connectivity index (χ2n) is 9.82. The molecule has 0 bridgehead atoms. The van der Waals surface area contributed by atoms with Gasteiger partial charge in [0, 0.05) is 36.2 Å². The fourth-order valence-corrected chi connectivity index (χ4v) is 5.95. The van der Waals surface area contributed by atoms with Gasteiger partial charge in [-0.15, -0.1) is 0 Å². The number of β-amino-alcohol motifs (C(OH)–C–C–N with tert-alkyl or cyclic N) is 1. The Balaban J connectivity index is 1.36. The number of nitrogens with zero attached hydrogens (tertiary/aromatic N) is 7. The molecule has 8 nitrogen and oxygen atoms in total. The third-order valence-electron chi connectivity index (χ3n) is 7.24. The minimum absolute atomic E-state index is 0.248. The summed E-state index contributed by atoms with van der Waals surface area (Å²) < 4.78 is 1.73. The zero-order valence-electron chi connectivity index (χ0n) is 19.9. The lowest BCUT2D eigenvalue weighted by Gasteiger charge is -2.47. The minimum atomic E-state index is -0.290. The van der Waals surface area contributed by atoms with Gasteiger partial charge in [-0.2, -0.15) is 10.4 Å². The third kappa shape index (κ3) is 4.83. The Kier molecular flexibility index (Phi) is 6.86. The van der Waals surface area contributed by atoms with Crippen molar-refractivity contribution in [1.82, 2.24) is 24.6 Å². The highest BCUT2D eigenvalue weighted by Crippen LogP contribution is 2.35. The number of nitriles is 1. The van der Waals surface area contributed by atoms with Gasteiger partial charge in [-0.3, -0.25) is 0 Å². The van der Waals surface area contributed by atoms with Gasteiger partial charge < -0.3 is 14.9 Å². The molecular formula is C25H29Cl2N7O. The molecule has 2 aromatic heterocycles. The van der Waals surface area contributed by atoms with Crippen LogP contribution in [-0.2, 0) is 0 Å². The summed E-state index contributed by atoms with van der Waals surface area (Å²) >= 11 is 12.5. The van der Waals surface area contributed by atoms with Crippen LogP contribution in [0, 0.1) is 23.2 Å². The number of fused-ring (bicyclic) bond motifs is 1. The van der Waals surface area contributed by atoms with E-state index < -0.39 is 0 Å². The molecule has 3 atom stereocenters. The lowest BCUT2D eigenvalue weighted by atomic mass is 9.80. The summed E-state index contributed by atoms with van der Waals surface area (Å²) in [6.07, 6.45) is 3.87. The number of hydrogen-bond donors (Lipinski definition) is 1. The summed E-state index contributed by atoms with van der Waals surface area (Å²) in [6.45, 7) is 8.56. The molecule has 0 amide bonds. The van der Waals surface area contributed by atoms with E-state index in [0.29, 0.717) is 33.0 Å². The van der Waals surface area contributed by atoms with Crippen molar-refractivity contribution in [3.63, 3.8) is 0 Å². The maximum atomic E-state index is 9.75. The van der Waals surface area contributed by atoms with Crippen LogP contribution >= 0.6 is 23.2 Å². The molecular weight excluding hydrogens is 485 g/mol. The van der Waals surface area contributed by atoms with E-state index in [2.05, 4.69) is 26.0 Å². The van der Waals surface area contributed by atoms with E-state index in [0.717, 1.165) is 44.1 Å². The molecule has 0 aliphatic carbocycles. The maximum absolute atomic E-state index is 9.75. The maximum Gasteiger partial charge on any atom is 0.190 e. The summed E-state index contributed by atoms with van der Waals surface area (Å²) in [5.74, 6) is 2.04. The first-order chi connectivity index (χ1) is 16.8. The molecule has 2 saturated heterocycles. The highest BCUT2D eigenvalue weighted by molar-refractivity contribution is 6.35. The normalized spacial score (nSPS) is 21.0. The van der Waals surface area contributed by atoms with Crippen molar-refractivity contribution in [2.45, 2.75) is 38.8 Å². The van der Waals surface area contributed by atoms with Crippen LogP contribution in [-0.4, -0.2) is 68.6 Å². The van der Waals surface area contributed by atoms with Gasteiger partial charge in [0.1, 0.15) is 17.4 Å². The Bertz CT molecular complexity index is 1260. The SMILES string of the molecule is CC(O)CN1CCCC(C2CN(c3cnc4c(C#N)nn(C(C)c5ccc(Cl)cc5Cl)c4n3)C2)C1. The lowest BCUT2D eigenvalue weighted by Crippen LogP contribution is -2.54. The van der Waals surface area contributed by atoms with E-state index >= 15 is 0 Å². The molecule has 184 valence electrons. The molecule has 1 aromatic carbocycles. The van der Waals surface area contributed by atoms with Gasteiger partial charge in [0.2, 0.25) is 0 Å². The first kappa shape index (κ1) is 24.3. The number of aliphatic hydroxyl groups excluding tert-OH is 1. The number of halogens is 2.